The second-order valence-corrected chi connectivity index (χ2v) is 14.5. The number of rotatable bonds is 6. The molecule has 4 fully saturated rings. The van der Waals surface area contributed by atoms with Crippen LogP contribution in [-0.4, -0.2) is 99.0 Å². The van der Waals surface area contributed by atoms with E-state index in [4.69, 9.17) is 25.2 Å². The fraction of sp³-hybridized carbons (Fsp3) is 0.630. The van der Waals surface area contributed by atoms with Crippen molar-refractivity contribution in [1.29, 1.82) is 5.26 Å². The lowest BCUT2D eigenvalue weighted by Crippen LogP contribution is -2.60. The van der Waals surface area contributed by atoms with Gasteiger partial charge in [-0.3, -0.25) is 9.69 Å². The van der Waals surface area contributed by atoms with Crippen LogP contribution in [0.5, 0.6) is 6.01 Å². The minimum atomic E-state index is -0.314. The van der Waals surface area contributed by atoms with Crippen molar-refractivity contribution in [2.75, 3.05) is 93.0 Å². The Morgan fingerprint density at radius 1 is 1.20 bits per heavy atom. The van der Waals surface area contributed by atoms with Crippen molar-refractivity contribution >= 4 is 51.3 Å². The molecule has 41 heavy (non-hydrogen) atoms. The van der Waals surface area contributed by atoms with Gasteiger partial charge in [0.2, 0.25) is 5.91 Å². The van der Waals surface area contributed by atoms with Crippen LogP contribution in [-0.2, 0) is 20.0 Å². The summed E-state index contributed by atoms with van der Waals surface area (Å²) < 4.78 is 11.7. The highest BCUT2D eigenvalue weighted by Gasteiger charge is 2.54. The van der Waals surface area contributed by atoms with Crippen molar-refractivity contribution in [2.45, 2.75) is 29.4 Å². The number of morpholine rings is 1. The second-order valence-electron chi connectivity index (χ2n) is 12.0. The number of hydrogen-bond donors (Lipinski definition) is 3. The van der Waals surface area contributed by atoms with Crippen LogP contribution in [0.25, 0.3) is 0 Å². The summed E-state index contributed by atoms with van der Waals surface area (Å²) >= 11 is 3.40. The first-order chi connectivity index (χ1) is 20.0. The number of carbonyl (C=O) groups excluding carboxylic acids is 1. The number of fused-ring (bicyclic) bond motifs is 5. The molecule has 2 aromatic rings. The number of nitrogens with zero attached hydrogens (tertiary/aromatic N) is 6. The number of piperazine rings is 1. The molecule has 2 aromatic heterocycles. The third-order valence-corrected chi connectivity index (χ3v) is 11.9. The first-order valence-electron chi connectivity index (χ1n) is 14.3. The third kappa shape index (κ3) is 4.24. The Labute approximate surface area is 246 Å². The van der Waals surface area contributed by atoms with E-state index in [2.05, 4.69) is 31.4 Å². The average Bonchev–Trinajstić information content (AvgIpc) is 3.52. The van der Waals surface area contributed by atoms with Crippen molar-refractivity contribution in [3.63, 3.8) is 0 Å². The average molecular weight is 596 g/mol. The van der Waals surface area contributed by atoms with E-state index in [1.165, 1.54) is 16.2 Å². The molecule has 5 aliphatic heterocycles. The number of nitrogen functional groups attached to an aromatic ring is 1. The van der Waals surface area contributed by atoms with Gasteiger partial charge in [-0.15, -0.1) is 23.1 Å². The molecule has 0 bridgehead atoms. The van der Waals surface area contributed by atoms with Gasteiger partial charge in [-0.05, 0) is 12.8 Å². The predicted octanol–water partition coefficient (Wildman–Crippen LogP) is 1.18. The van der Waals surface area contributed by atoms with E-state index in [-0.39, 0.29) is 22.1 Å². The summed E-state index contributed by atoms with van der Waals surface area (Å²) in [6.07, 6.45) is 2.27. The van der Waals surface area contributed by atoms with Gasteiger partial charge in [0.05, 0.1) is 30.1 Å². The third-order valence-electron chi connectivity index (χ3n) is 9.29. The van der Waals surface area contributed by atoms with Crippen molar-refractivity contribution < 1.29 is 14.3 Å². The Kier molecular flexibility index (Phi) is 6.05. The molecule has 1 saturated carbocycles. The molecule has 1 spiro atoms. The SMILES string of the molecule is N#Cc1c(N)sc2c1C1(CN(c3nc(OCC4(CN5CCOCC5)CC4)nc4c3NC(=O)[C@H]3CNCCN43)C1)SC2. The van der Waals surface area contributed by atoms with Gasteiger partial charge in [0.25, 0.3) is 0 Å². The fourth-order valence-electron chi connectivity index (χ4n) is 6.84. The number of thioether (sulfide) groups is 1. The minimum absolute atomic E-state index is 0.0456. The number of thiophene rings is 1. The van der Waals surface area contributed by atoms with Gasteiger partial charge in [0, 0.05) is 74.0 Å². The smallest absolute Gasteiger partial charge is 0.320 e. The number of aromatic nitrogens is 2. The van der Waals surface area contributed by atoms with Crippen LogP contribution in [0, 0.1) is 16.7 Å². The summed E-state index contributed by atoms with van der Waals surface area (Å²) in [6.45, 7) is 8.48. The molecule has 0 radical (unpaired) electrons. The van der Waals surface area contributed by atoms with Gasteiger partial charge >= 0.3 is 6.01 Å². The molecule has 7 heterocycles. The van der Waals surface area contributed by atoms with E-state index in [9.17, 15) is 10.1 Å². The Morgan fingerprint density at radius 2 is 2.00 bits per heavy atom. The highest BCUT2D eigenvalue weighted by atomic mass is 32.2. The highest BCUT2D eigenvalue weighted by Crippen LogP contribution is 2.59. The Morgan fingerprint density at radius 3 is 2.78 bits per heavy atom. The number of amides is 1. The molecular formula is C27H33N9O3S2. The van der Waals surface area contributed by atoms with Gasteiger partial charge in [-0.2, -0.15) is 15.2 Å². The zero-order chi connectivity index (χ0) is 27.8. The summed E-state index contributed by atoms with van der Waals surface area (Å²) in [5.41, 5.74) is 8.69. The number of nitrogens with two attached hydrogens (primary N) is 1. The first kappa shape index (κ1) is 25.8. The van der Waals surface area contributed by atoms with Crippen LogP contribution in [0.1, 0.15) is 28.8 Å². The largest absolute Gasteiger partial charge is 0.463 e. The van der Waals surface area contributed by atoms with E-state index >= 15 is 0 Å². The molecule has 0 aromatic carbocycles. The monoisotopic (exact) mass is 595 g/mol. The summed E-state index contributed by atoms with van der Waals surface area (Å²) in [7, 11) is 0. The molecule has 12 nitrogen and oxygen atoms in total. The predicted molar refractivity (Wildman–Crippen MR) is 158 cm³/mol. The lowest BCUT2D eigenvalue weighted by Gasteiger charge is -2.50. The fourth-order valence-corrected chi connectivity index (χ4v) is 9.65. The molecule has 3 saturated heterocycles. The molecule has 6 aliphatic rings. The molecule has 1 amide bonds. The van der Waals surface area contributed by atoms with Gasteiger partial charge < -0.3 is 35.6 Å². The number of hydrogen-bond acceptors (Lipinski definition) is 13. The number of carbonyl (C=O) groups is 1. The van der Waals surface area contributed by atoms with Gasteiger partial charge in [0.1, 0.15) is 22.8 Å². The summed E-state index contributed by atoms with van der Waals surface area (Å²) in [5.74, 6) is 2.23. The van der Waals surface area contributed by atoms with Crippen molar-refractivity contribution in [3.8, 4) is 12.1 Å². The Hall–Kier alpha value is -2.83. The second kappa shape index (κ2) is 9.60. The van der Waals surface area contributed by atoms with E-state index in [1.54, 1.807) is 0 Å². The quantitative estimate of drug-likeness (QED) is 0.441. The van der Waals surface area contributed by atoms with Crippen molar-refractivity contribution in [3.05, 3.63) is 16.0 Å². The van der Waals surface area contributed by atoms with Crippen molar-refractivity contribution in [1.82, 2.24) is 20.2 Å². The summed E-state index contributed by atoms with van der Waals surface area (Å²) in [5, 5.41) is 16.9. The number of nitriles is 1. The van der Waals surface area contributed by atoms with Crippen LogP contribution in [0.15, 0.2) is 0 Å². The molecule has 4 N–H and O–H groups in total. The van der Waals surface area contributed by atoms with Crippen molar-refractivity contribution in [2.24, 2.45) is 5.41 Å². The summed E-state index contributed by atoms with van der Waals surface area (Å²) in [6, 6.07) is 2.39. The van der Waals surface area contributed by atoms with E-state index < -0.39 is 0 Å². The maximum Gasteiger partial charge on any atom is 0.320 e. The zero-order valence-corrected chi connectivity index (χ0v) is 24.4. The van der Waals surface area contributed by atoms with Crippen LogP contribution in [0.3, 0.4) is 0 Å². The van der Waals surface area contributed by atoms with E-state index in [0.717, 1.165) is 69.4 Å². The standard InChI is InChI=1S/C27H33N9O3S2/c28-9-16-19-18(41-21(16)29)11-40-27(19)13-35(14-27)22-20-23(36-4-3-30-10-17(36)24(37)31-20)33-25(32-22)39-15-26(1-2-26)12-34-5-7-38-8-6-34/h17,30H,1-8,10-15,29H2,(H,31,37)/t17-/m1/s1. The van der Waals surface area contributed by atoms with Crippen LogP contribution >= 0.6 is 23.1 Å². The van der Waals surface area contributed by atoms with Crippen LogP contribution in [0.4, 0.5) is 22.3 Å². The molecule has 8 rings (SSSR count). The van der Waals surface area contributed by atoms with Gasteiger partial charge in [-0.1, -0.05) is 0 Å². The Bertz CT molecular complexity index is 1440. The maximum atomic E-state index is 13.1. The summed E-state index contributed by atoms with van der Waals surface area (Å²) in [4.78, 5) is 30.9. The van der Waals surface area contributed by atoms with E-state index in [1.807, 2.05) is 11.8 Å². The maximum absolute atomic E-state index is 13.1. The molecular weight excluding hydrogens is 562 g/mol. The number of anilines is 4. The minimum Gasteiger partial charge on any atom is -0.463 e. The lowest BCUT2D eigenvalue weighted by atomic mass is 9.88. The lowest BCUT2D eigenvalue weighted by molar-refractivity contribution is -0.117. The molecule has 1 atom stereocenters. The molecule has 0 unspecified atom stereocenters. The highest BCUT2D eigenvalue weighted by molar-refractivity contribution is 8.00. The normalized spacial score (nSPS) is 25.5. The topological polar surface area (TPSA) is 145 Å². The number of ether oxygens (including phenoxy) is 2. The number of nitrogens with one attached hydrogen (secondary N) is 2. The molecule has 14 heteroatoms. The molecule has 216 valence electrons. The van der Waals surface area contributed by atoms with Crippen LogP contribution in [0.2, 0.25) is 0 Å². The Balaban J connectivity index is 1.09. The molecule has 1 aliphatic carbocycles. The van der Waals surface area contributed by atoms with Crippen LogP contribution < -0.4 is 30.9 Å². The van der Waals surface area contributed by atoms with Gasteiger partial charge in [0.15, 0.2) is 11.6 Å². The first-order valence-corrected chi connectivity index (χ1v) is 16.1. The van der Waals surface area contributed by atoms with E-state index in [0.29, 0.717) is 60.9 Å². The zero-order valence-electron chi connectivity index (χ0n) is 22.8. The van der Waals surface area contributed by atoms with Gasteiger partial charge in [-0.25, -0.2) is 0 Å².